The van der Waals surface area contributed by atoms with Crippen LogP contribution in [0.5, 0.6) is 0 Å². The van der Waals surface area contributed by atoms with Crippen LogP contribution in [0.25, 0.3) is 0 Å². The van der Waals surface area contributed by atoms with Crippen LogP contribution in [0.1, 0.15) is 39.5 Å². The maximum atomic E-state index is 12.5. The number of nitrogens with zero attached hydrogens (tertiary/aromatic N) is 2. The Bertz CT molecular complexity index is 370. The summed E-state index contributed by atoms with van der Waals surface area (Å²) < 4.78 is 0. The Morgan fingerprint density at radius 3 is 2.10 bits per heavy atom. The van der Waals surface area contributed by atoms with Crippen molar-refractivity contribution in [3.63, 3.8) is 0 Å². The smallest absolute Gasteiger partial charge is 0.226 e. The van der Waals surface area contributed by atoms with E-state index in [0.717, 1.165) is 44.7 Å². The number of hydrogen-bond donors (Lipinski definition) is 1. The van der Waals surface area contributed by atoms with Gasteiger partial charge < -0.3 is 15.5 Å². The summed E-state index contributed by atoms with van der Waals surface area (Å²) in [4.78, 5) is 28.5. The van der Waals surface area contributed by atoms with E-state index < -0.39 is 0 Å². The molecule has 0 aromatic heterocycles. The van der Waals surface area contributed by atoms with Gasteiger partial charge in [-0.1, -0.05) is 13.8 Å². The van der Waals surface area contributed by atoms with E-state index in [9.17, 15) is 9.59 Å². The summed E-state index contributed by atoms with van der Waals surface area (Å²) in [6.07, 6.45) is 3.84. The Hall–Kier alpha value is -1.10. The van der Waals surface area contributed by atoms with E-state index in [4.69, 9.17) is 5.73 Å². The van der Waals surface area contributed by atoms with Crippen LogP contribution in [0, 0.1) is 17.8 Å². The van der Waals surface area contributed by atoms with Gasteiger partial charge in [-0.2, -0.15) is 0 Å². The average Bonchev–Trinajstić information content (AvgIpc) is 2.53. The van der Waals surface area contributed by atoms with Gasteiger partial charge in [0.25, 0.3) is 0 Å². The molecule has 0 spiro atoms. The van der Waals surface area contributed by atoms with E-state index in [1.807, 2.05) is 16.7 Å². The molecule has 2 heterocycles. The van der Waals surface area contributed by atoms with Gasteiger partial charge in [-0.05, 0) is 31.6 Å². The summed E-state index contributed by atoms with van der Waals surface area (Å²) in [5, 5.41) is 0. The van der Waals surface area contributed by atoms with Crippen molar-refractivity contribution in [2.24, 2.45) is 23.5 Å². The zero-order chi connectivity index (χ0) is 15.4. The second-order valence-corrected chi connectivity index (χ2v) is 6.74. The first-order valence-electron chi connectivity index (χ1n) is 8.30. The zero-order valence-electron chi connectivity index (χ0n) is 13.4. The van der Waals surface area contributed by atoms with Crippen molar-refractivity contribution in [3.05, 3.63) is 0 Å². The minimum atomic E-state index is -0.110. The topological polar surface area (TPSA) is 66.6 Å². The van der Waals surface area contributed by atoms with Gasteiger partial charge in [-0.3, -0.25) is 9.59 Å². The van der Waals surface area contributed by atoms with Gasteiger partial charge in [0.2, 0.25) is 11.8 Å². The highest BCUT2D eigenvalue weighted by Gasteiger charge is 2.32. The van der Waals surface area contributed by atoms with Crippen molar-refractivity contribution >= 4 is 11.8 Å². The van der Waals surface area contributed by atoms with Crippen molar-refractivity contribution in [1.29, 1.82) is 0 Å². The molecule has 0 saturated carbocycles. The first-order valence-corrected chi connectivity index (χ1v) is 8.30. The SMILES string of the molecule is CC1CCN(C(=O)C2CCN(C(=O)C(C)CN)CC2)CC1. The zero-order valence-corrected chi connectivity index (χ0v) is 13.4. The Morgan fingerprint density at radius 1 is 1.05 bits per heavy atom. The van der Waals surface area contributed by atoms with Gasteiger partial charge in [-0.25, -0.2) is 0 Å². The molecule has 0 bridgehead atoms. The first kappa shape index (κ1) is 16.3. The number of hydrogen-bond acceptors (Lipinski definition) is 3. The molecule has 2 rings (SSSR count). The molecule has 2 N–H and O–H groups in total. The lowest BCUT2D eigenvalue weighted by molar-refractivity contribution is -0.143. The maximum Gasteiger partial charge on any atom is 0.226 e. The Kier molecular flexibility index (Phi) is 5.62. The van der Waals surface area contributed by atoms with Gasteiger partial charge in [0.1, 0.15) is 0 Å². The van der Waals surface area contributed by atoms with Crippen LogP contribution in [-0.2, 0) is 9.59 Å². The van der Waals surface area contributed by atoms with Crippen LogP contribution < -0.4 is 5.73 Å². The minimum Gasteiger partial charge on any atom is -0.342 e. The van der Waals surface area contributed by atoms with E-state index in [0.29, 0.717) is 25.5 Å². The molecule has 120 valence electrons. The molecule has 0 radical (unpaired) electrons. The molecule has 5 heteroatoms. The Morgan fingerprint density at radius 2 is 1.57 bits per heavy atom. The molecule has 2 amide bonds. The fourth-order valence-electron chi connectivity index (χ4n) is 3.25. The molecule has 1 unspecified atom stereocenters. The summed E-state index contributed by atoms with van der Waals surface area (Å²) in [7, 11) is 0. The summed E-state index contributed by atoms with van der Waals surface area (Å²) in [6.45, 7) is 7.73. The predicted molar refractivity (Wildman–Crippen MR) is 82.5 cm³/mol. The average molecular weight is 295 g/mol. The number of carbonyl (C=O) groups is 2. The van der Waals surface area contributed by atoms with Gasteiger partial charge in [0, 0.05) is 44.6 Å². The number of rotatable bonds is 3. The molecule has 0 aliphatic carbocycles. The summed E-state index contributed by atoms with van der Waals surface area (Å²) >= 11 is 0. The lowest BCUT2D eigenvalue weighted by Gasteiger charge is -2.37. The van der Waals surface area contributed by atoms with Crippen molar-refractivity contribution in [2.45, 2.75) is 39.5 Å². The molecule has 2 aliphatic heterocycles. The standard InChI is InChI=1S/C16H29N3O2/c1-12-3-7-19(8-4-12)16(21)14-5-9-18(10-6-14)15(20)13(2)11-17/h12-14H,3-11,17H2,1-2H3. The van der Waals surface area contributed by atoms with Crippen molar-refractivity contribution < 1.29 is 9.59 Å². The van der Waals surface area contributed by atoms with E-state index >= 15 is 0 Å². The first-order chi connectivity index (χ1) is 10.0. The normalized spacial score (nSPS) is 23.2. The number of amides is 2. The Balaban J connectivity index is 1.81. The summed E-state index contributed by atoms with van der Waals surface area (Å²) in [5.74, 6) is 1.18. The maximum absolute atomic E-state index is 12.5. The number of piperidine rings is 2. The van der Waals surface area contributed by atoms with Crippen LogP contribution in [0.15, 0.2) is 0 Å². The van der Waals surface area contributed by atoms with Crippen molar-refractivity contribution in [3.8, 4) is 0 Å². The van der Waals surface area contributed by atoms with Crippen molar-refractivity contribution in [1.82, 2.24) is 9.80 Å². The largest absolute Gasteiger partial charge is 0.342 e. The third-order valence-corrected chi connectivity index (χ3v) is 5.03. The predicted octanol–water partition coefficient (Wildman–Crippen LogP) is 1.08. The highest BCUT2D eigenvalue weighted by Crippen LogP contribution is 2.24. The fraction of sp³-hybridized carbons (Fsp3) is 0.875. The van der Waals surface area contributed by atoms with E-state index in [2.05, 4.69) is 6.92 Å². The van der Waals surface area contributed by atoms with Gasteiger partial charge in [0.05, 0.1) is 0 Å². The van der Waals surface area contributed by atoms with E-state index in [1.165, 1.54) is 0 Å². The third kappa shape index (κ3) is 3.96. The lowest BCUT2D eigenvalue weighted by atomic mass is 9.92. The Labute approximate surface area is 127 Å². The van der Waals surface area contributed by atoms with Gasteiger partial charge in [0.15, 0.2) is 0 Å². The van der Waals surface area contributed by atoms with E-state index in [1.54, 1.807) is 0 Å². The summed E-state index contributed by atoms with van der Waals surface area (Å²) in [6, 6.07) is 0. The minimum absolute atomic E-state index is 0.107. The molecular formula is C16H29N3O2. The molecule has 2 fully saturated rings. The van der Waals surface area contributed by atoms with Crippen LogP contribution >= 0.6 is 0 Å². The van der Waals surface area contributed by atoms with Crippen LogP contribution in [0.4, 0.5) is 0 Å². The number of likely N-dealkylation sites (tertiary alicyclic amines) is 2. The van der Waals surface area contributed by atoms with Crippen molar-refractivity contribution in [2.75, 3.05) is 32.7 Å². The van der Waals surface area contributed by atoms with Gasteiger partial charge in [-0.15, -0.1) is 0 Å². The highest BCUT2D eigenvalue weighted by molar-refractivity contribution is 5.81. The molecule has 0 aromatic rings. The lowest BCUT2D eigenvalue weighted by Crippen LogP contribution is -2.47. The molecule has 2 aliphatic rings. The number of carbonyl (C=O) groups excluding carboxylic acids is 2. The molecule has 2 saturated heterocycles. The number of nitrogens with two attached hydrogens (primary N) is 1. The molecule has 21 heavy (non-hydrogen) atoms. The van der Waals surface area contributed by atoms with Crippen LogP contribution in [0.3, 0.4) is 0 Å². The third-order valence-electron chi connectivity index (χ3n) is 5.03. The second-order valence-electron chi connectivity index (χ2n) is 6.74. The van der Waals surface area contributed by atoms with Crippen LogP contribution in [0.2, 0.25) is 0 Å². The molecule has 0 aromatic carbocycles. The molecule has 1 atom stereocenters. The highest BCUT2D eigenvalue weighted by atomic mass is 16.2. The van der Waals surface area contributed by atoms with E-state index in [-0.39, 0.29) is 17.7 Å². The summed E-state index contributed by atoms with van der Waals surface area (Å²) in [5.41, 5.74) is 5.56. The quantitative estimate of drug-likeness (QED) is 0.847. The monoisotopic (exact) mass is 295 g/mol. The van der Waals surface area contributed by atoms with Gasteiger partial charge >= 0.3 is 0 Å². The fourth-order valence-corrected chi connectivity index (χ4v) is 3.25. The van der Waals surface area contributed by atoms with Crippen LogP contribution in [-0.4, -0.2) is 54.3 Å². The molecular weight excluding hydrogens is 266 g/mol. The second kappa shape index (κ2) is 7.25. The molecule has 5 nitrogen and oxygen atoms in total.